The molecule has 2 heterocycles. The lowest BCUT2D eigenvalue weighted by molar-refractivity contribution is 0.0599. The van der Waals surface area contributed by atoms with Gasteiger partial charge in [-0.25, -0.2) is 4.79 Å². The molecular formula is C13H17N3O2S. The zero-order valence-corrected chi connectivity index (χ0v) is 12.5. The Morgan fingerprint density at radius 2 is 2.16 bits per heavy atom. The molecule has 19 heavy (non-hydrogen) atoms. The van der Waals surface area contributed by atoms with Crippen LogP contribution in [-0.4, -0.2) is 29.7 Å². The Bertz CT molecular complexity index is 691. The van der Waals surface area contributed by atoms with Crippen LogP contribution in [0.2, 0.25) is 0 Å². The van der Waals surface area contributed by atoms with E-state index in [1.54, 1.807) is 18.4 Å². The van der Waals surface area contributed by atoms with Crippen LogP contribution in [0.5, 0.6) is 0 Å². The minimum absolute atomic E-state index is 0.309. The van der Waals surface area contributed by atoms with Gasteiger partial charge >= 0.3 is 5.97 Å². The molecule has 2 aromatic rings. The summed E-state index contributed by atoms with van der Waals surface area (Å²) in [5.41, 5.74) is 4.28. The minimum Gasteiger partial charge on any atom is -0.465 e. The largest absolute Gasteiger partial charge is 0.465 e. The summed E-state index contributed by atoms with van der Waals surface area (Å²) in [6, 6.07) is 0. The van der Waals surface area contributed by atoms with Crippen molar-refractivity contribution in [1.29, 1.82) is 0 Å². The van der Waals surface area contributed by atoms with Gasteiger partial charge in [-0.3, -0.25) is 4.99 Å². The maximum absolute atomic E-state index is 11.8. The van der Waals surface area contributed by atoms with E-state index < -0.39 is 0 Å². The number of nitrogens with zero attached hydrogens (tertiary/aromatic N) is 2. The molecule has 0 aliphatic rings. The molecule has 2 rings (SSSR count). The van der Waals surface area contributed by atoms with Crippen molar-refractivity contribution in [3.05, 3.63) is 27.0 Å². The van der Waals surface area contributed by atoms with Gasteiger partial charge in [0.25, 0.3) is 0 Å². The van der Waals surface area contributed by atoms with Crippen molar-refractivity contribution in [2.75, 3.05) is 14.2 Å². The first kappa shape index (κ1) is 13.6. The highest BCUT2D eigenvalue weighted by Crippen LogP contribution is 2.27. The zero-order chi connectivity index (χ0) is 14.2. The third-order valence-electron chi connectivity index (χ3n) is 3.20. The first-order valence-corrected chi connectivity index (χ1v) is 6.74. The average Bonchev–Trinajstić information content (AvgIpc) is 2.89. The number of hydrogen-bond acceptors (Lipinski definition) is 4. The van der Waals surface area contributed by atoms with E-state index in [2.05, 4.69) is 9.98 Å². The molecule has 0 aliphatic heterocycles. The van der Waals surface area contributed by atoms with Gasteiger partial charge in [-0.2, -0.15) is 0 Å². The van der Waals surface area contributed by atoms with Gasteiger partial charge in [-0.05, 0) is 19.4 Å². The number of rotatable bonds is 2. The van der Waals surface area contributed by atoms with Crippen molar-refractivity contribution in [1.82, 2.24) is 9.55 Å². The van der Waals surface area contributed by atoms with Crippen molar-refractivity contribution < 1.29 is 9.53 Å². The lowest BCUT2D eigenvalue weighted by atomic mass is 10.1. The van der Waals surface area contributed by atoms with Crippen LogP contribution in [0.15, 0.2) is 10.4 Å². The molecule has 0 atom stereocenters. The Balaban J connectivity index is 2.65. The Hall–Kier alpha value is -1.82. The molecule has 1 N–H and O–H groups in total. The number of carbonyl (C=O) groups is 1. The first-order chi connectivity index (χ1) is 9.01. The minimum atomic E-state index is -0.309. The third kappa shape index (κ3) is 2.12. The summed E-state index contributed by atoms with van der Waals surface area (Å²) in [5, 5.41) is 2.03. The topological polar surface area (TPSA) is 59.4 Å². The highest BCUT2D eigenvalue weighted by molar-refractivity contribution is 7.07. The number of ether oxygens (including phenoxy) is 1. The maximum Gasteiger partial charge on any atom is 0.339 e. The van der Waals surface area contributed by atoms with E-state index in [1.165, 1.54) is 7.11 Å². The normalized spacial score (nSPS) is 11.9. The van der Waals surface area contributed by atoms with Crippen molar-refractivity contribution >= 4 is 17.3 Å². The van der Waals surface area contributed by atoms with E-state index in [0.29, 0.717) is 5.56 Å². The van der Waals surface area contributed by atoms with Gasteiger partial charge in [0.15, 0.2) is 4.80 Å². The Morgan fingerprint density at radius 1 is 1.47 bits per heavy atom. The third-order valence-corrected chi connectivity index (χ3v) is 4.21. The number of aryl methyl sites for hydroxylation is 1. The SMILES string of the molecule is CN=c1scc(-c2[nH]c(C)c(C(=O)OC)c2C)n1C. The van der Waals surface area contributed by atoms with E-state index in [0.717, 1.165) is 27.4 Å². The standard InChI is InChI=1S/C13H17N3O2S/c1-7-10(12(17)18-5)8(2)15-11(7)9-6-19-13(14-3)16(9)4/h6,15H,1-5H3. The van der Waals surface area contributed by atoms with E-state index >= 15 is 0 Å². The van der Waals surface area contributed by atoms with Crippen LogP contribution in [-0.2, 0) is 11.8 Å². The van der Waals surface area contributed by atoms with Crippen LogP contribution in [0, 0.1) is 13.8 Å². The van der Waals surface area contributed by atoms with Crippen molar-refractivity contribution in [3.63, 3.8) is 0 Å². The molecular weight excluding hydrogens is 262 g/mol. The van der Waals surface area contributed by atoms with Crippen LogP contribution in [0.1, 0.15) is 21.6 Å². The molecule has 6 heteroatoms. The number of esters is 1. The Kier molecular flexibility index (Phi) is 3.61. The van der Waals surface area contributed by atoms with Gasteiger partial charge in [0, 0.05) is 25.2 Å². The van der Waals surface area contributed by atoms with Crippen LogP contribution in [0.4, 0.5) is 0 Å². The number of nitrogens with one attached hydrogen (secondary N) is 1. The molecule has 2 aromatic heterocycles. The predicted octanol–water partition coefficient (Wildman–Crippen LogP) is 2.02. The van der Waals surface area contributed by atoms with Gasteiger partial charge in [0.2, 0.25) is 0 Å². The lowest BCUT2D eigenvalue weighted by Crippen LogP contribution is -2.11. The average molecular weight is 279 g/mol. The molecule has 0 fully saturated rings. The monoisotopic (exact) mass is 279 g/mol. The van der Waals surface area contributed by atoms with Crippen LogP contribution in [0.3, 0.4) is 0 Å². The second-order valence-corrected chi connectivity index (χ2v) is 5.14. The number of carbonyl (C=O) groups excluding carboxylic acids is 1. The summed E-state index contributed by atoms with van der Waals surface area (Å²) in [7, 11) is 5.12. The molecule has 0 spiro atoms. The number of H-pyrrole nitrogens is 1. The molecule has 0 bridgehead atoms. The lowest BCUT2D eigenvalue weighted by Gasteiger charge is -2.02. The van der Waals surface area contributed by atoms with Gasteiger partial charge in [0.1, 0.15) is 0 Å². The summed E-state index contributed by atoms with van der Waals surface area (Å²) in [6.07, 6.45) is 0. The summed E-state index contributed by atoms with van der Waals surface area (Å²) >= 11 is 1.57. The van der Waals surface area contributed by atoms with Crippen molar-refractivity contribution in [2.45, 2.75) is 13.8 Å². The molecule has 0 aromatic carbocycles. The molecule has 0 saturated heterocycles. The molecule has 0 aliphatic carbocycles. The summed E-state index contributed by atoms with van der Waals surface area (Å²) < 4.78 is 6.83. The Morgan fingerprint density at radius 3 is 2.68 bits per heavy atom. The quantitative estimate of drug-likeness (QED) is 0.855. The highest BCUT2D eigenvalue weighted by atomic mass is 32.1. The van der Waals surface area contributed by atoms with Gasteiger partial charge < -0.3 is 14.3 Å². The fourth-order valence-electron chi connectivity index (χ4n) is 2.21. The summed E-state index contributed by atoms with van der Waals surface area (Å²) in [6.45, 7) is 3.80. The van der Waals surface area contributed by atoms with Crippen LogP contribution in [0.25, 0.3) is 11.4 Å². The second kappa shape index (κ2) is 5.05. The molecule has 0 radical (unpaired) electrons. The highest BCUT2D eigenvalue weighted by Gasteiger charge is 2.20. The van der Waals surface area contributed by atoms with Crippen LogP contribution >= 0.6 is 11.3 Å². The first-order valence-electron chi connectivity index (χ1n) is 5.86. The van der Waals surface area contributed by atoms with Crippen LogP contribution < -0.4 is 4.80 Å². The van der Waals surface area contributed by atoms with Crippen molar-refractivity contribution in [3.8, 4) is 11.4 Å². The summed E-state index contributed by atoms with van der Waals surface area (Å²) in [5.74, 6) is -0.309. The molecule has 0 amide bonds. The van der Waals surface area contributed by atoms with E-state index in [1.807, 2.05) is 30.8 Å². The second-order valence-electron chi connectivity index (χ2n) is 4.30. The van der Waals surface area contributed by atoms with E-state index in [4.69, 9.17) is 4.74 Å². The fraction of sp³-hybridized carbons (Fsp3) is 0.385. The molecule has 0 unspecified atom stereocenters. The van der Waals surface area contributed by atoms with E-state index in [-0.39, 0.29) is 5.97 Å². The Labute approximate surface area is 115 Å². The van der Waals surface area contributed by atoms with Gasteiger partial charge in [-0.1, -0.05) is 0 Å². The molecule has 5 nitrogen and oxygen atoms in total. The smallest absolute Gasteiger partial charge is 0.339 e. The van der Waals surface area contributed by atoms with E-state index in [9.17, 15) is 4.79 Å². The fourth-order valence-corrected chi connectivity index (χ4v) is 3.07. The summed E-state index contributed by atoms with van der Waals surface area (Å²) in [4.78, 5) is 20.2. The zero-order valence-electron chi connectivity index (χ0n) is 11.7. The number of aromatic amines is 1. The number of methoxy groups -OCH3 is 1. The molecule has 102 valence electrons. The number of thiazole rings is 1. The van der Waals surface area contributed by atoms with Gasteiger partial charge in [0.05, 0.1) is 24.1 Å². The van der Waals surface area contributed by atoms with Gasteiger partial charge in [-0.15, -0.1) is 11.3 Å². The predicted molar refractivity (Wildman–Crippen MR) is 75.4 cm³/mol. The maximum atomic E-state index is 11.8. The number of hydrogen-bond donors (Lipinski definition) is 1. The number of aromatic nitrogens is 2. The van der Waals surface area contributed by atoms with Crippen molar-refractivity contribution in [2.24, 2.45) is 12.0 Å². The molecule has 0 saturated carbocycles.